The Labute approximate surface area is 120 Å². The standard InChI is InChI=1S/C11H9ClF3IN2/c1-5(12)11-17-8-3-7(16)6(13)2-9(8)18(11)4-10(14)15/h2-3,5,10H,4H2,1H3. The summed E-state index contributed by atoms with van der Waals surface area (Å²) in [4.78, 5) is 4.19. The molecule has 1 unspecified atom stereocenters. The van der Waals surface area contributed by atoms with E-state index in [0.29, 0.717) is 20.4 Å². The summed E-state index contributed by atoms with van der Waals surface area (Å²) < 4.78 is 40.3. The lowest BCUT2D eigenvalue weighted by atomic mass is 10.3. The minimum atomic E-state index is -2.54. The van der Waals surface area contributed by atoms with Gasteiger partial charge in [0.15, 0.2) is 0 Å². The minimum absolute atomic E-state index is 0.327. The first kappa shape index (κ1) is 13.9. The summed E-state index contributed by atoms with van der Waals surface area (Å²) in [6.45, 7) is 1.11. The Kier molecular flexibility index (Phi) is 4.05. The highest BCUT2D eigenvalue weighted by Gasteiger charge is 2.19. The molecule has 0 saturated heterocycles. The van der Waals surface area contributed by atoms with Crippen LogP contribution in [-0.4, -0.2) is 16.0 Å². The highest BCUT2D eigenvalue weighted by molar-refractivity contribution is 14.1. The van der Waals surface area contributed by atoms with Crippen molar-refractivity contribution in [2.45, 2.75) is 25.3 Å². The van der Waals surface area contributed by atoms with E-state index in [1.807, 2.05) is 22.6 Å². The molecule has 1 aromatic carbocycles. The third-order valence-electron chi connectivity index (χ3n) is 2.50. The molecule has 0 N–H and O–H groups in total. The molecule has 0 aliphatic carbocycles. The molecular weight excluding hydrogens is 379 g/mol. The molecule has 0 spiro atoms. The van der Waals surface area contributed by atoms with Crippen molar-refractivity contribution in [3.8, 4) is 0 Å². The van der Waals surface area contributed by atoms with E-state index < -0.39 is 24.2 Å². The molecule has 0 aliphatic heterocycles. The molecule has 0 bridgehead atoms. The minimum Gasteiger partial charge on any atom is -0.321 e. The van der Waals surface area contributed by atoms with Crippen molar-refractivity contribution in [1.82, 2.24) is 9.55 Å². The van der Waals surface area contributed by atoms with Gasteiger partial charge in [-0.2, -0.15) is 0 Å². The van der Waals surface area contributed by atoms with Crippen molar-refractivity contribution in [2.24, 2.45) is 0 Å². The van der Waals surface area contributed by atoms with Gasteiger partial charge in [-0.1, -0.05) is 0 Å². The van der Waals surface area contributed by atoms with Crippen LogP contribution in [0.15, 0.2) is 12.1 Å². The molecule has 2 nitrogen and oxygen atoms in total. The lowest BCUT2D eigenvalue weighted by Gasteiger charge is -2.09. The lowest BCUT2D eigenvalue weighted by Crippen LogP contribution is -2.10. The molecule has 1 heterocycles. The number of imidazole rings is 1. The zero-order chi connectivity index (χ0) is 13.4. The van der Waals surface area contributed by atoms with Crippen molar-refractivity contribution >= 4 is 45.2 Å². The van der Waals surface area contributed by atoms with E-state index in [1.165, 1.54) is 16.7 Å². The second kappa shape index (κ2) is 5.24. The predicted octanol–water partition coefficient (Wildman–Crippen LogP) is 4.34. The van der Waals surface area contributed by atoms with Crippen molar-refractivity contribution < 1.29 is 13.2 Å². The smallest absolute Gasteiger partial charge is 0.256 e. The van der Waals surface area contributed by atoms with Gasteiger partial charge in [-0.05, 0) is 35.6 Å². The average molecular weight is 389 g/mol. The Balaban J connectivity index is 2.68. The zero-order valence-electron chi connectivity index (χ0n) is 9.30. The maximum absolute atomic E-state index is 13.5. The molecule has 18 heavy (non-hydrogen) atoms. The van der Waals surface area contributed by atoms with Crippen LogP contribution in [0, 0.1) is 9.39 Å². The first-order valence-corrected chi connectivity index (χ1v) is 6.69. The number of hydrogen-bond acceptors (Lipinski definition) is 1. The molecule has 98 valence electrons. The SMILES string of the molecule is CC(Cl)c1nc2cc(I)c(F)cc2n1CC(F)F. The summed E-state index contributed by atoms with van der Waals surface area (Å²) in [5.74, 6) is -0.124. The summed E-state index contributed by atoms with van der Waals surface area (Å²) in [5.41, 5.74) is 0.819. The van der Waals surface area contributed by atoms with Crippen molar-refractivity contribution in [1.29, 1.82) is 0 Å². The fourth-order valence-corrected chi connectivity index (χ4v) is 2.39. The van der Waals surface area contributed by atoms with E-state index in [-0.39, 0.29) is 0 Å². The summed E-state index contributed by atoms with van der Waals surface area (Å²) in [7, 11) is 0. The van der Waals surface area contributed by atoms with Crippen molar-refractivity contribution in [3.63, 3.8) is 0 Å². The molecule has 0 radical (unpaired) electrons. The first-order chi connectivity index (χ1) is 8.40. The van der Waals surface area contributed by atoms with E-state index in [9.17, 15) is 13.2 Å². The van der Waals surface area contributed by atoms with Crippen LogP contribution in [-0.2, 0) is 6.54 Å². The predicted molar refractivity (Wildman–Crippen MR) is 72.7 cm³/mol. The van der Waals surface area contributed by atoms with Gasteiger partial charge in [0.25, 0.3) is 6.43 Å². The number of hydrogen-bond donors (Lipinski definition) is 0. The number of rotatable bonds is 3. The van der Waals surface area contributed by atoms with Gasteiger partial charge in [0, 0.05) is 6.07 Å². The number of nitrogens with zero attached hydrogens (tertiary/aromatic N) is 2. The Morgan fingerprint density at radius 1 is 1.44 bits per heavy atom. The van der Waals surface area contributed by atoms with Gasteiger partial charge in [-0.3, -0.25) is 0 Å². The number of fused-ring (bicyclic) bond motifs is 1. The molecule has 2 rings (SSSR count). The quantitative estimate of drug-likeness (QED) is 0.565. The fourth-order valence-electron chi connectivity index (χ4n) is 1.77. The topological polar surface area (TPSA) is 17.8 Å². The van der Waals surface area contributed by atoms with Crippen molar-refractivity contribution in [3.05, 3.63) is 27.3 Å². The molecule has 0 saturated carbocycles. The Bertz CT molecular complexity index is 583. The summed E-state index contributed by atoms with van der Waals surface area (Å²) in [6, 6.07) is 2.74. The summed E-state index contributed by atoms with van der Waals surface area (Å²) in [5, 5.41) is -0.517. The summed E-state index contributed by atoms with van der Waals surface area (Å²) in [6.07, 6.45) is -2.54. The normalized spacial score (nSPS) is 13.5. The number of aromatic nitrogens is 2. The second-order valence-electron chi connectivity index (χ2n) is 3.84. The van der Waals surface area contributed by atoms with E-state index in [4.69, 9.17) is 11.6 Å². The van der Waals surface area contributed by atoms with Gasteiger partial charge >= 0.3 is 0 Å². The summed E-state index contributed by atoms with van der Waals surface area (Å²) >= 11 is 7.75. The molecule has 0 amide bonds. The van der Waals surface area contributed by atoms with Crippen LogP contribution in [0.25, 0.3) is 11.0 Å². The van der Waals surface area contributed by atoms with Gasteiger partial charge in [0.1, 0.15) is 11.6 Å². The highest BCUT2D eigenvalue weighted by atomic mass is 127. The zero-order valence-corrected chi connectivity index (χ0v) is 12.2. The number of benzene rings is 1. The number of alkyl halides is 3. The average Bonchev–Trinajstić information content (AvgIpc) is 2.57. The monoisotopic (exact) mass is 388 g/mol. The van der Waals surface area contributed by atoms with Crippen LogP contribution in [0.1, 0.15) is 18.1 Å². The Morgan fingerprint density at radius 2 is 2.11 bits per heavy atom. The fraction of sp³-hybridized carbons (Fsp3) is 0.364. The van der Waals surface area contributed by atoms with Crippen LogP contribution in [0.4, 0.5) is 13.2 Å². The van der Waals surface area contributed by atoms with Crippen LogP contribution < -0.4 is 0 Å². The molecule has 1 aromatic heterocycles. The Morgan fingerprint density at radius 3 is 2.67 bits per heavy atom. The van der Waals surface area contributed by atoms with Crippen LogP contribution in [0.2, 0.25) is 0 Å². The van der Waals surface area contributed by atoms with Crippen LogP contribution in [0.3, 0.4) is 0 Å². The molecule has 1 atom stereocenters. The molecule has 2 aromatic rings. The van der Waals surface area contributed by atoms with Crippen LogP contribution in [0.5, 0.6) is 0 Å². The van der Waals surface area contributed by atoms with Gasteiger partial charge in [0.2, 0.25) is 0 Å². The molecular formula is C11H9ClF3IN2. The second-order valence-corrected chi connectivity index (χ2v) is 5.66. The van der Waals surface area contributed by atoms with E-state index in [0.717, 1.165) is 0 Å². The highest BCUT2D eigenvalue weighted by Crippen LogP contribution is 2.27. The maximum Gasteiger partial charge on any atom is 0.256 e. The third kappa shape index (κ3) is 2.59. The van der Waals surface area contributed by atoms with Gasteiger partial charge in [-0.25, -0.2) is 18.2 Å². The molecule has 7 heteroatoms. The number of halogens is 5. The van der Waals surface area contributed by atoms with E-state index in [2.05, 4.69) is 4.98 Å². The van der Waals surface area contributed by atoms with Crippen LogP contribution >= 0.6 is 34.2 Å². The van der Waals surface area contributed by atoms with Gasteiger partial charge in [0.05, 0.1) is 26.5 Å². The van der Waals surface area contributed by atoms with E-state index in [1.54, 1.807) is 6.92 Å². The van der Waals surface area contributed by atoms with Gasteiger partial charge < -0.3 is 4.57 Å². The molecule has 0 aliphatic rings. The third-order valence-corrected chi connectivity index (χ3v) is 3.52. The largest absolute Gasteiger partial charge is 0.321 e. The first-order valence-electron chi connectivity index (χ1n) is 5.17. The van der Waals surface area contributed by atoms with Crippen molar-refractivity contribution in [2.75, 3.05) is 0 Å². The molecule has 0 fully saturated rings. The maximum atomic E-state index is 13.5. The van der Waals surface area contributed by atoms with E-state index >= 15 is 0 Å². The Hall–Kier alpha value is -0.500. The van der Waals surface area contributed by atoms with Gasteiger partial charge in [-0.15, -0.1) is 11.6 Å². The lowest BCUT2D eigenvalue weighted by molar-refractivity contribution is 0.127.